The highest BCUT2D eigenvalue weighted by Gasteiger charge is 2.38. The summed E-state index contributed by atoms with van der Waals surface area (Å²) in [5.74, 6) is 0.945. The molecule has 0 aromatic heterocycles. The van der Waals surface area contributed by atoms with Crippen LogP contribution in [0.3, 0.4) is 0 Å². The van der Waals surface area contributed by atoms with Crippen LogP contribution >= 0.6 is 0 Å². The zero-order chi connectivity index (χ0) is 15.7. The molecular weight excluding hydrogens is 278 g/mol. The molecular formula is C18H25NO3. The lowest BCUT2D eigenvalue weighted by Gasteiger charge is -2.32. The Hall–Kier alpha value is -1.55. The molecule has 22 heavy (non-hydrogen) atoms. The van der Waals surface area contributed by atoms with Crippen molar-refractivity contribution in [1.29, 1.82) is 0 Å². The number of hydrogen-bond acceptors (Lipinski definition) is 3. The second-order valence-electron chi connectivity index (χ2n) is 6.97. The van der Waals surface area contributed by atoms with Crippen molar-refractivity contribution < 1.29 is 14.6 Å². The van der Waals surface area contributed by atoms with Crippen LogP contribution in [0.4, 0.5) is 0 Å². The van der Waals surface area contributed by atoms with E-state index >= 15 is 0 Å². The zero-order valence-electron chi connectivity index (χ0n) is 13.1. The first-order valence-electron chi connectivity index (χ1n) is 8.25. The SMILES string of the molecule is CC(C(=O)O)C(c1cccc(OCC2CC(N)C2)c1)C1CC1. The predicted octanol–water partition coefficient (Wildman–Crippen LogP) is 3.02. The molecule has 2 aliphatic carbocycles. The average molecular weight is 303 g/mol. The van der Waals surface area contributed by atoms with Gasteiger partial charge in [-0.3, -0.25) is 4.79 Å². The smallest absolute Gasteiger partial charge is 0.306 e. The second kappa shape index (κ2) is 6.29. The third kappa shape index (κ3) is 3.43. The Bertz CT molecular complexity index is 535. The summed E-state index contributed by atoms with van der Waals surface area (Å²) in [7, 11) is 0. The van der Waals surface area contributed by atoms with Crippen LogP contribution < -0.4 is 10.5 Å². The maximum atomic E-state index is 11.4. The van der Waals surface area contributed by atoms with E-state index in [1.807, 2.05) is 31.2 Å². The van der Waals surface area contributed by atoms with Crippen LogP contribution in [0, 0.1) is 17.8 Å². The zero-order valence-corrected chi connectivity index (χ0v) is 13.1. The molecule has 2 atom stereocenters. The molecule has 120 valence electrons. The summed E-state index contributed by atoms with van der Waals surface area (Å²) in [5, 5.41) is 9.36. The third-order valence-electron chi connectivity index (χ3n) is 5.06. The number of rotatable bonds is 7. The fourth-order valence-electron chi connectivity index (χ4n) is 3.53. The Balaban J connectivity index is 1.67. The van der Waals surface area contributed by atoms with Crippen molar-refractivity contribution in [1.82, 2.24) is 0 Å². The predicted molar refractivity (Wildman–Crippen MR) is 84.9 cm³/mol. The van der Waals surface area contributed by atoms with Crippen LogP contribution in [0.1, 0.15) is 44.1 Å². The maximum Gasteiger partial charge on any atom is 0.306 e. The number of nitrogens with two attached hydrogens (primary N) is 1. The van der Waals surface area contributed by atoms with Gasteiger partial charge in [-0.2, -0.15) is 0 Å². The van der Waals surface area contributed by atoms with Gasteiger partial charge in [0, 0.05) is 6.04 Å². The summed E-state index contributed by atoms with van der Waals surface area (Å²) in [6.45, 7) is 2.52. The van der Waals surface area contributed by atoms with Crippen LogP contribution in [0.15, 0.2) is 24.3 Å². The van der Waals surface area contributed by atoms with Crippen LogP contribution in [0.25, 0.3) is 0 Å². The minimum Gasteiger partial charge on any atom is -0.493 e. The van der Waals surface area contributed by atoms with Crippen LogP contribution in [0.5, 0.6) is 5.75 Å². The van der Waals surface area contributed by atoms with E-state index in [1.54, 1.807) is 0 Å². The first-order valence-corrected chi connectivity index (χ1v) is 8.25. The quantitative estimate of drug-likeness (QED) is 0.812. The fourth-order valence-corrected chi connectivity index (χ4v) is 3.53. The van der Waals surface area contributed by atoms with E-state index < -0.39 is 5.97 Å². The van der Waals surface area contributed by atoms with Crippen LogP contribution in [-0.4, -0.2) is 23.7 Å². The summed E-state index contributed by atoms with van der Waals surface area (Å²) in [5.41, 5.74) is 6.89. The van der Waals surface area contributed by atoms with Crippen molar-refractivity contribution in [2.24, 2.45) is 23.5 Å². The Morgan fingerprint density at radius 2 is 2.14 bits per heavy atom. The highest BCUT2D eigenvalue weighted by Crippen LogP contribution is 2.47. The molecule has 0 saturated heterocycles. The molecule has 0 aliphatic heterocycles. The third-order valence-corrected chi connectivity index (χ3v) is 5.06. The van der Waals surface area contributed by atoms with Gasteiger partial charge in [-0.15, -0.1) is 0 Å². The molecule has 3 N–H and O–H groups in total. The molecule has 4 heteroatoms. The summed E-state index contributed by atoms with van der Waals surface area (Å²) in [6.07, 6.45) is 4.35. The second-order valence-corrected chi connectivity index (χ2v) is 6.97. The van der Waals surface area contributed by atoms with Gasteiger partial charge in [0.05, 0.1) is 12.5 Å². The first kappa shape index (κ1) is 15.3. The lowest BCUT2D eigenvalue weighted by atomic mass is 9.81. The van der Waals surface area contributed by atoms with E-state index in [1.165, 1.54) is 0 Å². The number of hydrogen-bond donors (Lipinski definition) is 2. The van der Waals surface area contributed by atoms with Crippen LogP contribution in [0.2, 0.25) is 0 Å². The van der Waals surface area contributed by atoms with E-state index in [9.17, 15) is 9.90 Å². The monoisotopic (exact) mass is 303 g/mol. The molecule has 3 rings (SSSR count). The van der Waals surface area contributed by atoms with Gasteiger partial charge in [-0.1, -0.05) is 19.1 Å². The van der Waals surface area contributed by atoms with E-state index in [2.05, 4.69) is 0 Å². The molecule has 2 fully saturated rings. The number of aliphatic carboxylic acids is 1. The fraction of sp³-hybridized carbons (Fsp3) is 0.611. The summed E-state index contributed by atoms with van der Waals surface area (Å²) in [4.78, 5) is 11.4. The number of benzene rings is 1. The van der Waals surface area contributed by atoms with Gasteiger partial charge in [-0.05, 0) is 61.1 Å². The molecule has 4 nitrogen and oxygen atoms in total. The Kier molecular flexibility index (Phi) is 4.39. The molecule has 1 aromatic carbocycles. The minimum absolute atomic E-state index is 0.0955. The molecule has 0 heterocycles. The summed E-state index contributed by atoms with van der Waals surface area (Å²) < 4.78 is 5.89. The van der Waals surface area contributed by atoms with Gasteiger partial charge in [0.25, 0.3) is 0 Å². The summed E-state index contributed by atoms with van der Waals surface area (Å²) in [6, 6.07) is 8.34. The van der Waals surface area contributed by atoms with Gasteiger partial charge in [0.1, 0.15) is 5.75 Å². The lowest BCUT2D eigenvalue weighted by molar-refractivity contribution is -0.142. The number of carboxylic acid groups (broad SMARTS) is 1. The van der Waals surface area contributed by atoms with E-state index in [0.29, 0.717) is 24.5 Å². The Morgan fingerprint density at radius 3 is 2.73 bits per heavy atom. The van der Waals surface area contributed by atoms with Crippen molar-refractivity contribution in [3.63, 3.8) is 0 Å². The van der Waals surface area contributed by atoms with Crippen molar-refractivity contribution in [3.8, 4) is 5.75 Å². The minimum atomic E-state index is -0.716. The van der Waals surface area contributed by atoms with Gasteiger partial charge < -0.3 is 15.6 Å². The molecule has 0 amide bonds. The van der Waals surface area contributed by atoms with Gasteiger partial charge in [-0.25, -0.2) is 0 Å². The van der Waals surface area contributed by atoms with Crippen LogP contribution in [-0.2, 0) is 4.79 Å². The topological polar surface area (TPSA) is 72.5 Å². The van der Waals surface area contributed by atoms with E-state index in [-0.39, 0.29) is 11.8 Å². The number of carbonyl (C=O) groups is 1. The lowest BCUT2D eigenvalue weighted by Crippen LogP contribution is -2.39. The molecule has 2 unspecified atom stereocenters. The highest BCUT2D eigenvalue weighted by atomic mass is 16.5. The molecule has 2 saturated carbocycles. The Labute approximate surface area is 131 Å². The summed E-state index contributed by atoms with van der Waals surface area (Å²) >= 11 is 0. The molecule has 0 bridgehead atoms. The van der Waals surface area contributed by atoms with Crippen molar-refractivity contribution >= 4 is 5.97 Å². The van der Waals surface area contributed by atoms with Gasteiger partial charge >= 0.3 is 5.97 Å². The van der Waals surface area contributed by atoms with E-state index in [4.69, 9.17) is 10.5 Å². The number of carboxylic acids is 1. The maximum absolute atomic E-state index is 11.4. The van der Waals surface area contributed by atoms with Crippen molar-refractivity contribution in [2.45, 2.75) is 44.6 Å². The molecule has 2 aliphatic rings. The highest BCUT2D eigenvalue weighted by molar-refractivity contribution is 5.71. The molecule has 1 aromatic rings. The van der Waals surface area contributed by atoms with Crippen molar-refractivity contribution in [3.05, 3.63) is 29.8 Å². The van der Waals surface area contributed by atoms with Crippen molar-refractivity contribution in [2.75, 3.05) is 6.61 Å². The normalized spacial score (nSPS) is 26.8. The largest absolute Gasteiger partial charge is 0.493 e. The van der Waals surface area contributed by atoms with E-state index in [0.717, 1.165) is 37.0 Å². The van der Waals surface area contributed by atoms with Gasteiger partial charge in [0.15, 0.2) is 0 Å². The number of ether oxygens (including phenoxy) is 1. The molecule has 0 spiro atoms. The standard InChI is InChI=1S/C18H25NO3/c1-11(18(20)21)17(13-5-6-13)14-3-2-4-16(9-14)22-10-12-7-15(19)8-12/h2-4,9,11-13,15,17H,5-8,10,19H2,1H3,(H,20,21). The molecule has 0 radical (unpaired) electrons. The average Bonchev–Trinajstić information content (AvgIpc) is 3.27. The first-order chi connectivity index (χ1) is 10.5. The Morgan fingerprint density at radius 1 is 1.41 bits per heavy atom. The van der Waals surface area contributed by atoms with Gasteiger partial charge in [0.2, 0.25) is 0 Å².